The second-order valence-corrected chi connectivity index (χ2v) is 6.26. The van der Waals surface area contributed by atoms with Crippen LogP contribution in [0.2, 0.25) is 0 Å². The summed E-state index contributed by atoms with van der Waals surface area (Å²) in [6.45, 7) is 4.21. The van der Waals surface area contributed by atoms with Crippen molar-refractivity contribution in [2.75, 3.05) is 19.0 Å². The molecule has 134 valence electrons. The minimum absolute atomic E-state index is 0.178. The molecule has 0 aliphatic rings. The van der Waals surface area contributed by atoms with Gasteiger partial charge in [-0.3, -0.25) is 4.79 Å². The van der Waals surface area contributed by atoms with Gasteiger partial charge in [0.15, 0.2) is 0 Å². The second-order valence-electron chi connectivity index (χ2n) is 6.26. The smallest absolute Gasteiger partial charge is 0.254 e. The van der Waals surface area contributed by atoms with Gasteiger partial charge >= 0.3 is 0 Å². The van der Waals surface area contributed by atoms with E-state index < -0.39 is 0 Å². The number of rotatable bonds is 5. The Morgan fingerprint density at radius 2 is 1.88 bits per heavy atom. The summed E-state index contributed by atoms with van der Waals surface area (Å²) in [6, 6.07) is 8.01. The number of carbonyl (C=O) groups is 1. The van der Waals surface area contributed by atoms with Crippen molar-refractivity contribution in [2.45, 2.75) is 20.4 Å². The van der Waals surface area contributed by atoms with Gasteiger partial charge in [0, 0.05) is 44.9 Å². The molecule has 0 bridgehead atoms. The number of imidazole rings is 1. The summed E-state index contributed by atoms with van der Waals surface area (Å²) >= 11 is 0. The zero-order chi connectivity index (χ0) is 18.7. The minimum Gasteiger partial charge on any atom is -0.348 e. The Balaban J connectivity index is 1.65. The van der Waals surface area contributed by atoms with E-state index in [1.807, 2.05) is 63.0 Å². The van der Waals surface area contributed by atoms with E-state index >= 15 is 0 Å². The number of amides is 1. The molecular formula is C19H22N6O. The van der Waals surface area contributed by atoms with E-state index in [-0.39, 0.29) is 5.91 Å². The van der Waals surface area contributed by atoms with E-state index in [2.05, 4.69) is 20.3 Å². The van der Waals surface area contributed by atoms with Crippen LogP contribution >= 0.6 is 0 Å². The van der Waals surface area contributed by atoms with Gasteiger partial charge < -0.3 is 14.8 Å². The van der Waals surface area contributed by atoms with Crippen LogP contribution in [0.1, 0.15) is 27.4 Å². The third kappa shape index (κ3) is 3.72. The maximum absolute atomic E-state index is 12.4. The van der Waals surface area contributed by atoms with Gasteiger partial charge in [0.2, 0.25) is 5.95 Å². The molecular weight excluding hydrogens is 328 g/mol. The number of nitrogens with zero attached hydrogens (tertiary/aromatic N) is 5. The molecule has 0 aliphatic carbocycles. The van der Waals surface area contributed by atoms with Crippen LogP contribution in [0.15, 0.2) is 42.9 Å². The number of nitrogens with one attached hydrogen (secondary N) is 1. The largest absolute Gasteiger partial charge is 0.348 e. The highest BCUT2D eigenvalue weighted by Gasteiger charge is 2.12. The van der Waals surface area contributed by atoms with Crippen LogP contribution in [0.4, 0.5) is 5.95 Å². The quantitative estimate of drug-likeness (QED) is 0.764. The molecule has 7 heteroatoms. The molecule has 26 heavy (non-hydrogen) atoms. The fourth-order valence-corrected chi connectivity index (χ4v) is 2.60. The van der Waals surface area contributed by atoms with E-state index in [1.54, 1.807) is 17.3 Å². The molecule has 0 fully saturated rings. The van der Waals surface area contributed by atoms with E-state index in [0.29, 0.717) is 23.8 Å². The van der Waals surface area contributed by atoms with Crippen LogP contribution in [0.3, 0.4) is 0 Å². The summed E-state index contributed by atoms with van der Waals surface area (Å²) in [4.78, 5) is 27.0. The van der Waals surface area contributed by atoms with Gasteiger partial charge in [-0.1, -0.05) is 12.1 Å². The average molecular weight is 350 g/mol. The first kappa shape index (κ1) is 17.6. The molecule has 0 saturated heterocycles. The molecule has 1 amide bonds. The molecule has 7 nitrogen and oxygen atoms in total. The first-order valence-electron chi connectivity index (χ1n) is 8.34. The number of hydrogen-bond donors (Lipinski definition) is 1. The van der Waals surface area contributed by atoms with E-state index in [9.17, 15) is 4.79 Å². The van der Waals surface area contributed by atoms with Gasteiger partial charge in [0.05, 0.1) is 11.3 Å². The van der Waals surface area contributed by atoms with Crippen LogP contribution in [-0.2, 0) is 6.54 Å². The number of anilines is 1. The van der Waals surface area contributed by atoms with Gasteiger partial charge in [-0.05, 0) is 31.5 Å². The standard InChI is InChI=1S/C19H22N6O/c1-13-17(12-22-19(23-13)24(3)4)18(26)21-11-15-5-7-16(8-6-15)25-10-9-20-14(25)2/h5-10,12H,11H2,1-4H3,(H,21,26). The predicted molar refractivity (Wildman–Crippen MR) is 101 cm³/mol. The van der Waals surface area contributed by atoms with Crippen molar-refractivity contribution in [3.8, 4) is 5.69 Å². The number of benzene rings is 1. The number of hydrogen-bond acceptors (Lipinski definition) is 5. The Bertz CT molecular complexity index is 914. The van der Waals surface area contributed by atoms with E-state index in [4.69, 9.17) is 0 Å². The maximum atomic E-state index is 12.4. The molecule has 2 aromatic heterocycles. The first-order valence-corrected chi connectivity index (χ1v) is 8.34. The molecule has 3 aromatic rings. The lowest BCUT2D eigenvalue weighted by molar-refractivity contribution is 0.0949. The molecule has 2 heterocycles. The topological polar surface area (TPSA) is 75.9 Å². The summed E-state index contributed by atoms with van der Waals surface area (Å²) in [6.07, 6.45) is 5.26. The third-order valence-corrected chi connectivity index (χ3v) is 4.10. The van der Waals surface area contributed by atoms with Crippen LogP contribution in [0.25, 0.3) is 5.69 Å². The highest BCUT2D eigenvalue weighted by molar-refractivity contribution is 5.94. The summed E-state index contributed by atoms with van der Waals surface area (Å²) in [5, 5.41) is 2.92. The second kappa shape index (κ2) is 7.35. The van der Waals surface area contributed by atoms with Crippen LogP contribution in [0, 0.1) is 13.8 Å². The molecule has 0 aliphatic heterocycles. The van der Waals surface area contributed by atoms with Crippen molar-refractivity contribution < 1.29 is 4.79 Å². The molecule has 0 spiro atoms. The van der Waals surface area contributed by atoms with Crippen LogP contribution < -0.4 is 10.2 Å². The summed E-state index contributed by atoms with van der Waals surface area (Å²) in [5.74, 6) is 1.34. The fourth-order valence-electron chi connectivity index (χ4n) is 2.60. The summed E-state index contributed by atoms with van der Waals surface area (Å²) < 4.78 is 2.01. The van der Waals surface area contributed by atoms with Crippen molar-refractivity contribution in [3.63, 3.8) is 0 Å². The lowest BCUT2D eigenvalue weighted by Gasteiger charge is -2.12. The number of aromatic nitrogens is 4. The van der Waals surface area contributed by atoms with Gasteiger partial charge in [-0.15, -0.1) is 0 Å². The summed E-state index contributed by atoms with van der Waals surface area (Å²) in [7, 11) is 3.73. The SMILES string of the molecule is Cc1nc(N(C)C)ncc1C(=O)NCc1ccc(-n2ccnc2C)cc1. The molecule has 1 aromatic carbocycles. The van der Waals surface area contributed by atoms with Crippen molar-refractivity contribution in [2.24, 2.45) is 0 Å². The Hall–Kier alpha value is -3.22. The van der Waals surface area contributed by atoms with Gasteiger partial charge in [0.25, 0.3) is 5.91 Å². The third-order valence-electron chi connectivity index (χ3n) is 4.10. The fraction of sp³-hybridized carbons (Fsp3) is 0.263. The van der Waals surface area contributed by atoms with Crippen molar-refractivity contribution in [1.82, 2.24) is 24.8 Å². The van der Waals surface area contributed by atoms with Gasteiger partial charge in [-0.2, -0.15) is 0 Å². The highest BCUT2D eigenvalue weighted by atomic mass is 16.1. The lowest BCUT2D eigenvalue weighted by Crippen LogP contribution is -2.25. The van der Waals surface area contributed by atoms with E-state index in [0.717, 1.165) is 17.1 Å². The monoisotopic (exact) mass is 350 g/mol. The summed E-state index contributed by atoms with van der Waals surface area (Å²) in [5.41, 5.74) is 3.20. The zero-order valence-corrected chi connectivity index (χ0v) is 15.4. The van der Waals surface area contributed by atoms with Crippen molar-refractivity contribution in [1.29, 1.82) is 0 Å². The molecule has 0 radical (unpaired) electrons. The average Bonchev–Trinajstić information content (AvgIpc) is 3.06. The van der Waals surface area contributed by atoms with Crippen molar-refractivity contribution in [3.05, 3.63) is 65.5 Å². The van der Waals surface area contributed by atoms with Crippen molar-refractivity contribution >= 4 is 11.9 Å². The normalized spacial score (nSPS) is 10.6. The minimum atomic E-state index is -0.178. The Morgan fingerprint density at radius 3 is 2.46 bits per heavy atom. The van der Waals surface area contributed by atoms with Crippen LogP contribution in [0.5, 0.6) is 0 Å². The number of carbonyl (C=O) groups excluding carboxylic acids is 1. The molecule has 0 unspecified atom stereocenters. The van der Waals surface area contributed by atoms with E-state index in [1.165, 1.54) is 0 Å². The van der Waals surface area contributed by atoms with Gasteiger partial charge in [0.1, 0.15) is 5.82 Å². The highest BCUT2D eigenvalue weighted by Crippen LogP contribution is 2.13. The lowest BCUT2D eigenvalue weighted by atomic mass is 10.2. The molecule has 0 saturated carbocycles. The number of aryl methyl sites for hydroxylation is 2. The Morgan fingerprint density at radius 1 is 1.15 bits per heavy atom. The predicted octanol–water partition coefficient (Wildman–Crippen LogP) is 2.28. The Kier molecular flexibility index (Phi) is 4.97. The molecule has 3 rings (SSSR count). The van der Waals surface area contributed by atoms with Crippen LogP contribution in [-0.4, -0.2) is 39.5 Å². The molecule has 0 atom stereocenters. The maximum Gasteiger partial charge on any atom is 0.254 e. The zero-order valence-electron chi connectivity index (χ0n) is 15.4. The Labute approximate surface area is 152 Å². The molecule has 1 N–H and O–H groups in total. The first-order chi connectivity index (χ1) is 12.5. The van der Waals surface area contributed by atoms with Gasteiger partial charge in [-0.25, -0.2) is 15.0 Å².